The molecule has 5 aromatic rings. The van der Waals surface area contributed by atoms with Gasteiger partial charge < -0.3 is 0 Å². The van der Waals surface area contributed by atoms with Gasteiger partial charge >= 0.3 is 315 Å². The van der Waals surface area contributed by atoms with Crippen LogP contribution in [0.1, 0.15) is 31.9 Å². The predicted molar refractivity (Wildman–Crippen MR) is 212 cm³/mol. The number of hydrogen-bond acceptors (Lipinski definition) is 5. The van der Waals surface area contributed by atoms with Gasteiger partial charge in [0.1, 0.15) is 0 Å². The van der Waals surface area contributed by atoms with Crippen LogP contribution in [0.25, 0.3) is 23.2 Å². The second-order valence-electron chi connectivity index (χ2n) is 12.8. The summed E-state index contributed by atoms with van der Waals surface area (Å²) in [6, 6.07) is 32.7. The maximum atomic E-state index is 5.89. The van der Waals surface area contributed by atoms with Crippen LogP contribution >= 0.6 is 7.26 Å². The minimum absolute atomic E-state index is 0.390. The van der Waals surface area contributed by atoms with Crippen molar-refractivity contribution >= 4 is 69.1 Å². The van der Waals surface area contributed by atoms with E-state index in [1.165, 1.54) is 27.3 Å². The van der Waals surface area contributed by atoms with Crippen molar-refractivity contribution in [1.82, 2.24) is 15.0 Å². The van der Waals surface area contributed by atoms with Crippen LogP contribution in [0, 0.1) is 10.3 Å². The quantitative estimate of drug-likeness (QED) is 0.102. The summed E-state index contributed by atoms with van der Waals surface area (Å²) in [5.74, 6) is 0.390. The van der Waals surface area contributed by atoms with Crippen LogP contribution in [0.3, 0.4) is 0 Å². The Morgan fingerprint density at radius 3 is 1.84 bits per heavy atom. The summed E-state index contributed by atoms with van der Waals surface area (Å²) < 4.78 is 19.3. The molecule has 0 aliphatic carbocycles. The van der Waals surface area contributed by atoms with Gasteiger partial charge in [-0.25, -0.2) is 0 Å². The van der Waals surface area contributed by atoms with Crippen LogP contribution in [0.4, 0.5) is 11.4 Å². The molecule has 2 aliphatic heterocycles. The molecule has 0 bridgehead atoms. The maximum absolute atomic E-state index is 5.89. The Kier molecular flexibility index (Phi) is 10.6. The fourth-order valence-corrected chi connectivity index (χ4v) is 13.0. The van der Waals surface area contributed by atoms with E-state index in [1.807, 2.05) is 17.8 Å². The van der Waals surface area contributed by atoms with Crippen molar-refractivity contribution in [2.24, 2.45) is 14.6 Å². The van der Waals surface area contributed by atoms with Gasteiger partial charge in [0.2, 0.25) is 0 Å². The van der Waals surface area contributed by atoms with E-state index in [4.69, 9.17) is 23.7 Å². The molecule has 7 rings (SSSR count). The molecule has 2 aliphatic rings. The van der Waals surface area contributed by atoms with E-state index in [-0.39, 0.29) is 0 Å². The SMILES string of the molecule is C=C1COCC1=CC(/C=C/c1c2c(c(/C=C/C)c3nn(CC(C)C)nc13)N=S=N2)=C([C]#[Os])[P+](c1ccccc1)(c1ccccc1)c1ccccc1. The predicted octanol–water partition coefficient (Wildman–Crippen LogP) is 9.13. The molecule has 255 valence electrons. The molecule has 0 atom stereocenters. The number of aromatic nitrogens is 3. The number of rotatable bonds is 10. The van der Waals surface area contributed by atoms with Crippen LogP contribution in [-0.2, 0) is 40.6 Å². The van der Waals surface area contributed by atoms with Gasteiger partial charge in [0.25, 0.3) is 0 Å². The summed E-state index contributed by atoms with van der Waals surface area (Å²) in [4.78, 5) is 1.82. The van der Waals surface area contributed by atoms with Gasteiger partial charge in [0.15, 0.2) is 0 Å². The van der Waals surface area contributed by atoms with Gasteiger partial charge in [0.05, 0.1) is 0 Å². The van der Waals surface area contributed by atoms with Crippen molar-refractivity contribution in [1.29, 1.82) is 0 Å². The number of ether oxygens (including phenoxy) is 1. The van der Waals surface area contributed by atoms with E-state index in [9.17, 15) is 0 Å². The summed E-state index contributed by atoms with van der Waals surface area (Å²) in [5.41, 5.74) is 8.23. The van der Waals surface area contributed by atoms with E-state index in [0.29, 0.717) is 25.7 Å². The third-order valence-corrected chi connectivity index (χ3v) is 14.8. The zero-order valence-electron chi connectivity index (χ0n) is 28.8. The Morgan fingerprint density at radius 2 is 1.39 bits per heavy atom. The van der Waals surface area contributed by atoms with Crippen LogP contribution in [0.5, 0.6) is 0 Å². The van der Waals surface area contributed by atoms with Gasteiger partial charge in [-0.2, -0.15) is 0 Å². The molecular formula is C42H38N5OOsPS+. The van der Waals surface area contributed by atoms with Crippen molar-refractivity contribution in [3.05, 3.63) is 149 Å². The fourth-order valence-electron chi connectivity index (χ4n) is 6.64. The second-order valence-corrected chi connectivity index (χ2v) is 17.3. The zero-order valence-corrected chi connectivity index (χ0v) is 33.1. The third kappa shape index (κ3) is 6.72. The topological polar surface area (TPSA) is 64.7 Å². The van der Waals surface area contributed by atoms with Gasteiger partial charge in [-0.05, 0) is 0 Å². The van der Waals surface area contributed by atoms with E-state index in [0.717, 1.165) is 55.6 Å². The van der Waals surface area contributed by atoms with Crippen molar-refractivity contribution < 1.29 is 22.7 Å². The number of benzene rings is 4. The van der Waals surface area contributed by atoms with Crippen molar-refractivity contribution in [3.8, 4) is 4.37 Å². The Hall–Kier alpha value is -4.39. The Labute approximate surface area is 313 Å². The van der Waals surface area contributed by atoms with Crippen LogP contribution in [0.15, 0.2) is 147 Å². The molecule has 51 heavy (non-hydrogen) atoms. The number of hydrogen-bond donors (Lipinski definition) is 0. The second kappa shape index (κ2) is 15.5. The average molecular weight is 882 g/mol. The molecule has 1 fully saturated rings. The van der Waals surface area contributed by atoms with Crippen LogP contribution in [-0.4, -0.2) is 28.2 Å². The van der Waals surface area contributed by atoms with Gasteiger partial charge in [-0.15, -0.1) is 0 Å². The molecule has 0 amide bonds. The van der Waals surface area contributed by atoms with Crippen molar-refractivity contribution in [2.45, 2.75) is 27.3 Å². The van der Waals surface area contributed by atoms with Crippen molar-refractivity contribution in [2.75, 3.05) is 13.2 Å². The monoisotopic (exact) mass is 883 g/mol. The van der Waals surface area contributed by atoms with Gasteiger partial charge in [0, 0.05) is 0 Å². The molecular weight excluding hydrogens is 844 g/mol. The van der Waals surface area contributed by atoms with Gasteiger partial charge in [-0.3, -0.25) is 0 Å². The van der Waals surface area contributed by atoms with E-state index < -0.39 is 7.26 Å². The first-order valence-electron chi connectivity index (χ1n) is 16.9. The fraction of sp³-hybridized carbons (Fsp3) is 0.167. The number of fused-ring (bicyclic) bond motifs is 2. The molecule has 0 spiro atoms. The number of allylic oxidation sites excluding steroid dienone is 5. The summed E-state index contributed by atoms with van der Waals surface area (Å²) in [5, 5.41) is 14.9. The summed E-state index contributed by atoms with van der Waals surface area (Å²) >= 11 is 2.99. The summed E-state index contributed by atoms with van der Waals surface area (Å²) in [7, 11) is -2.49. The first kappa shape index (κ1) is 35.0. The molecule has 4 aromatic carbocycles. The van der Waals surface area contributed by atoms with Crippen LogP contribution in [0.2, 0.25) is 0 Å². The molecule has 0 radical (unpaired) electrons. The summed E-state index contributed by atoms with van der Waals surface area (Å²) in [6.45, 7) is 12.5. The average Bonchev–Trinajstić information content (AvgIpc) is 3.91. The molecule has 1 saturated heterocycles. The molecule has 0 unspecified atom stereocenters. The third-order valence-electron chi connectivity index (χ3n) is 8.90. The molecule has 0 N–H and O–H groups in total. The Balaban J connectivity index is 1.57. The van der Waals surface area contributed by atoms with E-state index >= 15 is 0 Å². The number of nitrogens with zero attached hydrogens (tertiary/aromatic N) is 5. The van der Waals surface area contributed by atoms with Crippen LogP contribution < -0.4 is 15.9 Å². The van der Waals surface area contributed by atoms with Crippen molar-refractivity contribution in [3.63, 3.8) is 0 Å². The van der Waals surface area contributed by atoms with E-state index in [2.05, 4.69) is 140 Å². The zero-order chi connectivity index (χ0) is 35.4. The molecule has 3 heterocycles. The van der Waals surface area contributed by atoms with Gasteiger partial charge in [-0.1, -0.05) is 0 Å². The first-order chi connectivity index (χ1) is 24.9. The molecule has 6 nitrogen and oxygen atoms in total. The summed E-state index contributed by atoms with van der Waals surface area (Å²) in [6.07, 6.45) is 10.7. The first-order valence-corrected chi connectivity index (χ1v) is 20.7. The Morgan fingerprint density at radius 1 is 0.863 bits per heavy atom. The Bertz CT molecular complexity index is 2270. The van der Waals surface area contributed by atoms with E-state index in [1.54, 1.807) is 17.9 Å². The minimum atomic E-state index is -2.49. The normalized spacial score (nSPS) is 15.7. The molecule has 9 heteroatoms. The molecule has 0 saturated carbocycles. The standard InChI is InChI=1S/C42H38N5OPS.Os/c1-6-16-37-39-40(44-47(43-39)26-29(2)3)38(42-41(37)45-50-46-42)24-23-32(25-33-28-48-27-30(33)4)31(5)49(34-17-10-7-11-18-34,35-19-12-8-13-20-35)36-21-14-9-15-22-36;/h6-25,29H,4,26-28H2,1-3H3;/q+1;/b16-6+,24-23+,32-31?,33-25?;. The molecule has 1 aromatic heterocycles.